The van der Waals surface area contributed by atoms with E-state index in [1.807, 2.05) is 0 Å². The zero-order chi connectivity index (χ0) is 19.9. The van der Waals surface area contributed by atoms with Crippen LogP contribution in [0, 0.1) is 0 Å². The number of esters is 1. The van der Waals surface area contributed by atoms with E-state index in [9.17, 15) is 9.59 Å². The van der Waals surface area contributed by atoms with Crippen LogP contribution in [0.1, 0.15) is 10.5 Å². The summed E-state index contributed by atoms with van der Waals surface area (Å²) in [5.74, 6) is -0.0521. The molecule has 0 saturated carbocycles. The summed E-state index contributed by atoms with van der Waals surface area (Å²) in [5.41, 5.74) is 0.195. The first-order valence-electron chi connectivity index (χ1n) is 8.32. The SMILES string of the molecule is COC(=O)[C@H](CNC(=O)c1cccc(-n2cccn2)n1)Oc1ccc(Br)cc1. The standard InChI is InChI=1S/C19H17BrN4O4/c1-27-19(26)16(28-14-8-6-13(20)7-9-14)12-21-18(25)15-4-2-5-17(23-15)24-11-3-10-22-24/h2-11,16H,12H2,1H3,(H,21,25)/t16-/m0/s1. The number of methoxy groups -OCH3 is 1. The third-order valence-electron chi connectivity index (χ3n) is 3.71. The van der Waals surface area contributed by atoms with Gasteiger partial charge in [-0.1, -0.05) is 22.0 Å². The third-order valence-corrected chi connectivity index (χ3v) is 4.24. The van der Waals surface area contributed by atoms with E-state index in [4.69, 9.17) is 9.47 Å². The van der Waals surface area contributed by atoms with Crippen molar-refractivity contribution in [3.63, 3.8) is 0 Å². The van der Waals surface area contributed by atoms with Gasteiger partial charge in [0.25, 0.3) is 5.91 Å². The summed E-state index contributed by atoms with van der Waals surface area (Å²) in [5, 5.41) is 6.74. The predicted molar refractivity (Wildman–Crippen MR) is 104 cm³/mol. The van der Waals surface area contributed by atoms with E-state index in [-0.39, 0.29) is 12.2 Å². The maximum Gasteiger partial charge on any atom is 0.348 e. The lowest BCUT2D eigenvalue weighted by atomic mass is 10.3. The molecule has 0 saturated heterocycles. The molecule has 3 rings (SSSR count). The molecule has 1 amide bonds. The van der Waals surface area contributed by atoms with Crippen LogP contribution in [-0.4, -0.2) is 46.4 Å². The van der Waals surface area contributed by atoms with Crippen LogP contribution < -0.4 is 10.1 Å². The van der Waals surface area contributed by atoms with E-state index in [1.165, 1.54) is 7.11 Å². The fourth-order valence-electron chi connectivity index (χ4n) is 2.34. The van der Waals surface area contributed by atoms with Crippen molar-refractivity contribution in [1.29, 1.82) is 0 Å². The summed E-state index contributed by atoms with van der Waals surface area (Å²) in [4.78, 5) is 28.7. The molecule has 0 radical (unpaired) electrons. The first-order valence-corrected chi connectivity index (χ1v) is 9.11. The van der Waals surface area contributed by atoms with Crippen molar-refractivity contribution in [3.8, 4) is 11.6 Å². The number of hydrogen-bond acceptors (Lipinski definition) is 6. The van der Waals surface area contributed by atoms with Gasteiger partial charge in [-0.05, 0) is 42.5 Å². The molecule has 0 spiro atoms. The zero-order valence-corrected chi connectivity index (χ0v) is 16.5. The van der Waals surface area contributed by atoms with Gasteiger partial charge in [0.15, 0.2) is 5.82 Å². The average molecular weight is 445 g/mol. The molecule has 1 aromatic carbocycles. The van der Waals surface area contributed by atoms with E-state index in [0.717, 1.165) is 4.47 Å². The molecule has 2 heterocycles. The van der Waals surface area contributed by atoms with Crippen molar-refractivity contribution in [2.75, 3.05) is 13.7 Å². The Balaban J connectivity index is 1.67. The van der Waals surface area contributed by atoms with E-state index in [2.05, 4.69) is 31.3 Å². The van der Waals surface area contributed by atoms with Crippen molar-refractivity contribution in [1.82, 2.24) is 20.1 Å². The zero-order valence-electron chi connectivity index (χ0n) is 14.9. The predicted octanol–water partition coefficient (Wildman–Crippen LogP) is 2.38. The topological polar surface area (TPSA) is 95.3 Å². The Labute approximate surface area is 169 Å². The van der Waals surface area contributed by atoms with Gasteiger partial charge in [0.05, 0.1) is 13.7 Å². The molecule has 8 nitrogen and oxygen atoms in total. The summed E-state index contributed by atoms with van der Waals surface area (Å²) in [6, 6.07) is 13.8. The lowest BCUT2D eigenvalue weighted by Crippen LogP contribution is -2.41. The molecule has 28 heavy (non-hydrogen) atoms. The van der Waals surface area contributed by atoms with Crippen LogP contribution >= 0.6 is 15.9 Å². The van der Waals surface area contributed by atoms with Gasteiger partial charge in [-0.2, -0.15) is 5.10 Å². The number of hydrogen-bond donors (Lipinski definition) is 1. The van der Waals surface area contributed by atoms with Gasteiger partial charge in [0, 0.05) is 16.9 Å². The normalized spacial score (nSPS) is 11.5. The van der Waals surface area contributed by atoms with Crippen LogP contribution in [0.5, 0.6) is 5.75 Å². The molecule has 0 fully saturated rings. The minimum Gasteiger partial charge on any atom is -0.477 e. The molecule has 0 unspecified atom stereocenters. The maximum atomic E-state index is 12.5. The van der Waals surface area contributed by atoms with Crippen molar-refractivity contribution >= 4 is 27.8 Å². The van der Waals surface area contributed by atoms with E-state index in [0.29, 0.717) is 11.6 Å². The summed E-state index contributed by atoms with van der Waals surface area (Å²) >= 11 is 3.33. The van der Waals surface area contributed by atoms with Crippen LogP contribution in [0.4, 0.5) is 0 Å². The molecule has 144 valence electrons. The minimum absolute atomic E-state index is 0.0742. The lowest BCUT2D eigenvalue weighted by molar-refractivity contribution is -0.148. The van der Waals surface area contributed by atoms with Gasteiger partial charge >= 0.3 is 5.97 Å². The molecular formula is C19H17BrN4O4. The van der Waals surface area contributed by atoms with Crippen LogP contribution in [0.15, 0.2) is 65.4 Å². The van der Waals surface area contributed by atoms with Crippen molar-refractivity contribution in [2.45, 2.75) is 6.10 Å². The highest BCUT2D eigenvalue weighted by Crippen LogP contribution is 2.17. The number of carbonyl (C=O) groups is 2. The van der Waals surface area contributed by atoms with Crippen molar-refractivity contribution in [3.05, 3.63) is 71.1 Å². The summed E-state index contributed by atoms with van der Waals surface area (Å²) in [6.07, 6.45) is 2.35. The number of aromatic nitrogens is 3. The largest absolute Gasteiger partial charge is 0.477 e. The monoisotopic (exact) mass is 444 g/mol. The number of nitrogens with zero attached hydrogens (tertiary/aromatic N) is 3. The second kappa shape index (κ2) is 9.14. The molecule has 2 aromatic heterocycles. The van der Waals surface area contributed by atoms with Crippen LogP contribution in [0.3, 0.4) is 0 Å². The van der Waals surface area contributed by atoms with Gasteiger partial charge in [-0.25, -0.2) is 14.5 Å². The number of nitrogens with one attached hydrogen (secondary N) is 1. The van der Waals surface area contributed by atoms with Gasteiger partial charge in [-0.3, -0.25) is 4.79 Å². The summed E-state index contributed by atoms with van der Waals surface area (Å²) in [7, 11) is 1.26. The molecule has 0 aliphatic heterocycles. The van der Waals surface area contributed by atoms with Gasteiger partial charge < -0.3 is 14.8 Å². The second-order valence-electron chi connectivity index (χ2n) is 5.63. The first kappa shape index (κ1) is 19.6. The first-order chi connectivity index (χ1) is 13.6. The van der Waals surface area contributed by atoms with E-state index >= 15 is 0 Å². The number of amides is 1. The molecule has 0 bridgehead atoms. The number of ether oxygens (including phenoxy) is 2. The van der Waals surface area contributed by atoms with Crippen molar-refractivity contribution < 1.29 is 19.1 Å². The number of rotatable bonds is 7. The van der Waals surface area contributed by atoms with E-state index < -0.39 is 18.0 Å². The quantitative estimate of drug-likeness (QED) is 0.562. The Morgan fingerprint density at radius 1 is 1.18 bits per heavy atom. The van der Waals surface area contributed by atoms with Crippen molar-refractivity contribution in [2.24, 2.45) is 0 Å². The molecule has 9 heteroatoms. The molecule has 0 aliphatic rings. The molecular weight excluding hydrogens is 428 g/mol. The highest BCUT2D eigenvalue weighted by molar-refractivity contribution is 9.10. The smallest absolute Gasteiger partial charge is 0.348 e. The Bertz CT molecular complexity index is 945. The Morgan fingerprint density at radius 2 is 1.96 bits per heavy atom. The fourth-order valence-corrected chi connectivity index (χ4v) is 2.60. The third kappa shape index (κ3) is 4.95. The maximum absolute atomic E-state index is 12.5. The van der Waals surface area contributed by atoms with Gasteiger partial charge in [-0.15, -0.1) is 0 Å². The van der Waals surface area contributed by atoms with Crippen LogP contribution in [-0.2, 0) is 9.53 Å². The highest BCUT2D eigenvalue weighted by atomic mass is 79.9. The number of carbonyl (C=O) groups excluding carboxylic acids is 2. The number of benzene rings is 1. The van der Waals surface area contributed by atoms with Gasteiger partial charge in [0.2, 0.25) is 6.10 Å². The molecule has 1 atom stereocenters. The summed E-state index contributed by atoms with van der Waals surface area (Å²) < 4.78 is 12.8. The van der Waals surface area contributed by atoms with Crippen LogP contribution in [0.2, 0.25) is 0 Å². The Morgan fingerprint density at radius 3 is 2.64 bits per heavy atom. The molecule has 3 aromatic rings. The summed E-state index contributed by atoms with van der Waals surface area (Å²) in [6.45, 7) is -0.0742. The fraction of sp³-hybridized carbons (Fsp3) is 0.158. The lowest BCUT2D eigenvalue weighted by Gasteiger charge is -2.17. The second-order valence-corrected chi connectivity index (χ2v) is 6.54. The highest BCUT2D eigenvalue weighted by Gasteiger charge is 2.23. The number of halogens is 1. The number of pyridine rings is 1. The molecule has 1 N–H and O–H groups in total. The van der Waals surface area contributed by atoms with Crippen LogP contribution in [0.25, 0.3) is 5.82 Å². The Hall–Kier alpha value is -3.20. The minimum atomic E-state index is -0.996. The molecule has 0 aliphatic carbocycles. The van der Waals surface area contributed by atoms with Gasteiger partial charge in [0.1, 0.15) is 11.4 Å². The Kier molecular flexibility index (Phi) is 6.38. The average Bonchev–Trinajstić information content (AvgIpc) is 3.26. The van der Waals surface area contributed by atoms with E-state index in [1.54, 1.807) is 65.6 Å².